The smallest absolute Gasteiger partial charge is 0.267 e. The fourth-order valence-corrected chi connectivity index (χ4v) is 2.20. The van der Waals surface area contributed by atoms with E-state index in [2.05, 4.69) is 20.6 Å². The zero-order valence-electron chi connectivity index (χ0n) is 13.4. The van der Waals surface area contributed by atoms with E-state index in [1.165, 1.54) is 6.20 Å². The quantitative estimate of drug-likeness (QED) is 0.492. The average molecular weight is 333 g/mol. The van der Waals surface area contributed by atoms with E-state index in [1.807, 2.05) is 24.3 Å². The first kappa shape index (κ1) is 16.1. The number of fused-ring (bicyclic) bond motifs is 1. The minimum absolute atomic E-state index is 0.0412. The highest BCUT2D eigenvalue weighted by Gasteiger charge is 2.09. The summed E-state index contributed by atoms with van der Waals surface area (Å²) in [6.45, 7) is 0. The van der Waals surface area contributed by atoms with Crippen LogP contribution >= 0.6 is 0 Å². The molecule has 0 bridgehead atoms. The van der Waals surface area contributed by atoms with E-state index >= 15 is 0 Å². The van der Waals surface area contributed by atoms with Gasteiger partial charge in [0, 0.05) is 17.6 Å². The number of ether oxygens (including phenoxy) is 1. The van der Waals surface area contributed by atoms with E-state index in [9.17, 15) is 10.1 Å². The molecule has 7 nitrogen and oxygen atoms in total. The Balaban J connectivity index is 1.70. The number of hydrogen-bond acceptors (Lipinski definition) is 5. The Morgan fingerprint density at radius 3 is 2.72 bits per heavy atom. The maximum absolute atomic E-state index is 12.2. The van der Waals surface area contributed by atoms with Gasteiger partial charge >= 0.3 is 0 Å². The Morgan fingerprint density at radius 2 is 2.00 bits per heavy atom. The fraction of sp³-hybridized carbons (Fsp3) is 0.0556. The van der Waals surface area contributed by atoms with Gasteiger partial charge < -0.3 is 20.4 Å². The number of nitrogens with one attached hydrogen (secondary N) is 3. The molecule has 0 radical (unpaired) electrons. The third-order valence-corrected chi connectivity index (χ3v) is 3.52. The lowest BCUT2D eigenvalue weighted by atomic mass is 10.2. The summed E-state index contributed by atoms with van der Waals surface area (Å²) in [5, 5.41) is 14.8. The number of nitrogens with zero attached hydrogens (tertiary/aromatic N) is 2. The lowest BCUT2D eigenvalue weighted by Gasteiger charge is -2.06. The molecule has 0 unspecified atom stereocenters. The van der Waals surface area contributed by atoms with Gasteiger partial charge in [-0.25, -0.2) is 4.98 Å². The summed E-state index contributed by atoms with van der Waals surface area (Å²) >= 11 is 0. The first-order chi connectivity index (χ1) is 12.2. The molecule has 1 aromatic heterocycles. The molecule has 3 N–H and O–H groups in total. The number of carbonyl (C=O) groups is 1. The molecule has 0 spiro atoms. The number of nitriles is 1. The largest absolute Gasteiger partial charge is 0.497 e. The summed E-state index contributed by atoms with van der Waals surface area (Å²) in [5.74, 6) is 0.188. The van der Waals surface area contributed by atoms with Gasteiger partial charge in [-0.3, -0.25) is 4.79 Å². The van der Waals surface area contributed by atoms with Crippen LogP contribution in [0.1, 0.15) is 0 Å². The summed E-state index contributed by atoms with van der Waals surface area (Å²) in [6.07, 6.45) is 2.98. The van der Waals surface area contributed by atoms with Gasteiger partial charge in [-0.1, -0.05) is 0 Å². The lowest BCUT2D eigenvalue weighted by molar-refractivity contribution is -0.112. The molecule has 0 aliphatic rings. The molecule has 25 heavy (non-hydrogen) atoms. The summed E-state index contributed by atoms with van der Waals surface area (Å²) in [4.78, 5) is 19.3. The number of benzene rings is 2. The molecular formula is C18H15N5O2. The van der Waals surface area contributed by atoms with Crippen molar-refractivity contribution in [3.05, 3.63) is 60.6 Å². The van der Waals surface area contributed by atoms with Crippen molar-refractivity contribution in [2.75, 3.05) is 17.7 Å². The highest BCUT2D eigenvalue weighted by Crippen LogP contribution is 2.17. The number of rotatable bonds is 5. The molecule has 0 saturated carbocycles. The maximum Gasteiger partial charge on any atom is 0.267 e. The minimum atomic E-state index is -0.497. The number of imidazole rings is 1. The Bertz CT molecular complexity index is 967. The maximum atomic E-state index is 12.2. The van der Waals surface area contributed by atoms with Crippen molar-refractivity contribution in [3.63, 3.8) is 0 Å². The van der Waals surface area contributed by atoms with Crippen LogP contribution in [0.4, 0.5) is 11.4 Å². The van der Waals surface area contributed by atoms with Crippen LogP contribution in [0, 0.1) is 11.3 Å². The van der Waals surface area contributed by atoms with Crippen molar-refractivity contribution in [3.8, 4) is 11.8 Å². The Kier molecular flexibility index (Phi) is 4.62. The summed E-state index contributed by atoms with van der Waals surface area (Å²) in [7, 11) is 1.57. The number of aromatic amines is 1. The molecule has 1 heterocycles. The molecule has 0 fully saturated rings. The number of methoxy groups -OCH3 is 1. The molecule has 0 atom stereocenters. The number of aromatic nitrogens is 2. The van der Waals surface area contributed by atoms with Gasteiger partial charge in [0.2, 0.25) is 0 Å². The fourth-order valence-electron chi connectivity index (χ4n) is 2.20. The zero-order chi connectivity index (χ0) is 17.6. The van der Waals surface area contributed by atoms with Crippen molar-refractivity contribution >= 4 is 28.3 Å². The molecule has 3 aromatic rings. The van der Waals surface area contributed by atoms with Gasteiger partial charge in [0.25, 0.3) is 5.91 Å². The van der Waals surface area contributed by atoms with Crippen LogP contribution < -0.4 is 15.4 Å². The van der Waals surface area contributed by atoms with Crippen molar-refractivity contribution in [1.29, 1.82) is 5.26 Å². The van der Waals surface area contributed by atoms with Gasteiger partial charge in [0.1, 0.15) is 17.4 Å². The van der Waals surface area contributed by atoms with E-state index in [4.69, 9.17) is 4.74 Å². The molecule has 0 aliphatic heterocycles. The van der Waals surface area contributed by atoms with E-state index in [-0.39, 0.29) is 5.57 Å². The first-order valence-corrected chi connectivity index (χ1v) is 7.45. The molecule has 124 valence electrons. The number of hydrogen-bond donors (Lipinski definition) is 3. The Labute approximate surface area is 144 Å². The van der Waals surface area contributed by atoms with Crippen LogP contribution in [0.3, 0.4) is 0 Å². The highest BCUT2D eigenvalue weighted by molar-refractivity contribution is 6.06. The average Bonchev–Trinajstić information content (AvgIpc) is 3.10. The standard InChI is InChI=1S/C18H15N5O2/c1-25-15-5-2-13(3-6-15)23-18(24)12(9-19)10-20-14-4-7-16-17(8-14)22-11-21-16/h2-8,10-11,20H,1H3,(H,21,22)(H,23,24)/b12-10-. The van der Waals surface area contributed by atoms with Crippen LogP contribution in [0.5, 0.6) is 5.75 Å². The van der Waals surface area contributed by atoms with E-state index in [0.717, 1.165) is 16.7 Å². The SMILES string of the molecule is COc1ccc(NC(=O)/C(C#N)=C\Nc2ccc3nc[nH]c3c2)cc1. The molecule has 7 heteroatoms. The number of H-pyrrole nitrogens is 1. The number of carbonyl (C=O) groups excluding carboxylic acids is 1. The first-order valence-electron chi connectivity index (χ1n) is 7.45. The monoisotopic (exact) mass is 333 g/mol. The zero-order valence-corrected chi connectivity index (χ0v) is 13.4. The van der Waals surface area contributed by atoms with Crippen LogP contribution in [-0.2, 0) is 4.79 Å². The minimum Gasteiger partial charge on any atom is -0.497 e. The normalized spacial score (nSPS) is 11.0. The second-order valence-corrected chi connectivity index (χ2v) is 5.13. The molecule has 3 rings (SSSR count). The lowest BCUT2D eigenvalue weighted by Crippen LogP contribution is -2.14. The van der Waals surface area contributed by atoms with Crippen LogP contribution in [0.2, 0.25) is 0 Å². The van der Waals surface area contributed by atoms with Gasteiger partial charge in [0.15, 0.2) is 0 Å². The highest BCUT2D eigenvalue weighted by atomic mass is 16.5. The van der Waals surface area contributed by atoms with Gasteiger partial charge in [-0.2, -0.15) is 5.26 Å². The topological polar surface area (TPSA) is 103 Å². The summed E-state index contributed by atoms with van der Waals surface area (Å²) in [5.41, 5.74) is 2.97. The molecule has 1 amide bonds. The predicted molar refractivity (Wildman–Crippen MR) is 95.0 cm³/mol. The molecular weight excluding hydrogens is 318 g/mol. The van der Waals surface area contributed by atoms with Crippen LogP contribution in [0.25, 0.3) is 11.0 Å². The second-order valence-electron chi connectivity index (χ2n) is 5.13. The third-order valence-electron chi connectivity index (χ3n) is 3.52. The molecule has 0 saturated heterocycles. The van der Waals surface area contributed by atoms with Crippen molar-refractivity contribution in [1.82, 2.24) is 9.97 Å². The molecule has 0 aliphatic carbocycles. The predicted octanol–water partition coefficient (Wildman–Crippen LogP) is 3.03. The van der Waals surface area contributed by atoms with Crippen molar-refractivity contribution < 1.29 is 9.53 Å². The summed E-state index contributed by atoms with van der Waals surface area (Å²) in [6, 6.07) is 14.2. The third kappa shape index (κ3) is 3.76. The van der Waals surface area contributed by atoms with Crippen LogP contribution in [-0.4, -0.2) is 23.0 Å². The second kappa shape index (κ2) is 7.19. The van der Waals surface area contributed by atoms with Crippen molar-refractivity contribution in [2.24, 2.45) is 0 Å². The van der Waals surface area contributed by atoms with Crippen LogP contribution in [0.15, 0.2) is 60.6 Å². The molecule has 2 aromatic carbocycles. The van der Waals surface area contributed by atoms with Gasteiger partial charge in [0.05, 0.1) is 24.5 Å². The number of amides is 1. The Hall–Kier alpha value is -3.79. The van der Waals surface area contributed by atoms with E-state index in [1.54, 1.807) is 37.7 Å². The van der Waals surface area contributed by atoms with Gasteiger partial charge in [-0.15, -0.1) is 0 Å². The van der Waals surface area contributed by atoms with E-state index < -0.39 is 5.91 Å². The Morgan fingerprint density at radius 1 is 1.24 bits per heavy atom. The van der Waals surface area contributed by atoms with E-state index in [0.29, 0.717) is 11.4 Å². The summed E-state index contributed by atoms with van der Waals surface area (Å²) < 4.78 is 5.06. The van der Waals surface area contributed by atoms with Gasteiger partial charge in [-0.05, 0) is 42.5 Å². The van der Waals surface area contributed by atoms with Crippen molar-refractivity contribution in [2.45, 2.75) is 0 Å². The number of anilines is 2.